The molecule has 0 amide bonds. The number of nitrogens with zero attached hydrogens (tertiary/aromatic N) is 4. The molecule has 34 heavy (non-hydrogen) atoms. The second-order valence-electron chi connectivity index (χ2n) is 7.27. The fourth-order valence-corrected chi connectivity index (χ4v) is 3.69. The van der Waals surface area contributed by atoms with Gasteiger partial charge in [0, 0.05) is 18.2 Å². The summed E-state index contributed by atoms with van der Waals surface area (Å²) >= 11 is 0. The van der Waals surface area contributed by atoms with E-state index in [4.69, 9.17) is 38.5 Å². The number of fused-ring (bicyclic) bond motifs is 1. The number of hydrogen-bond donors (Lipinski definition) is 0. The fraction of sp³-hybridized carbons (Fsp3) is 0.292. The Morgan fingerprint density at radius 1 is 0.706 bits per heavy atom. The highest BCUT2D eigenvalue weighted by Gasteiger charge is 2.21. The van der Waals surface area contributed by atoms with Gasteiger partial charge in [-0.1, -0.05) is 0 Å². The van der Waals surface area contributed by atoms with Gasteiger partial charge in [-0.2, -0.15) is 4.98 Å². The van der Waals surface area contributed by atoms with E-state index in [1.165, 1.54) is 0 Å². The Balaban J connectivity index is 1.90. The van der Waals surface area contributed by atoms with E-state index in [0.29, 0.717) is 63.1 Å². The molecular weight excluding hydrogens is 440 g/mol. The zero-order valence-corrected chi connectivity index (χ0v) is 20.1. The first-order valence-electron chi connectivity index (χ1n) is 10.4. The molecule has 0 unspecified atom stereocenters. The van der Waals surface area contributed by atoms with Crippen LogP contribution >= 0.6 is 0 Å². The van der Waals surface area contributed by atoms with Crippen molar-refractivity contribution in [3.63, 3.8) is 0 Å². The quantitative estimate of drug-likeness (QED) is 0.377. The maximum Gasteiger partial charge on any atom is 0.249 e. The van der Waals surface area contributed by atoms with Gasteiger partial charge in [-0.15, -0.1) is 5.10 Å². The summed E-state index contributed by atoms with van der Waals surface area (Å²) in [6.45, 7) is 3.74. The lowest BCUT2D eigenvalue weighted by Crippen LogP contribution is -2.04. The van der Waals surface area contributed by atoms with Crippen LogP contribution in [0.4, 0.5) is 0 Å². The molecule has 0 aliphatic carbocycles. The third-order valence-corrected chi connectivity index (χ3v) is 5.30. The number of ether oxygens (including phenoxy) is 6. The second-order valence-corrected chi connectivity index (χ2v) is 7.27. The van der Waals surface area contributed by atoms with E-state index >= 15 is 0 Å². The third kappa shape index (κ3) is 3.98. The normalized spacial score (nSPS) is 10.8. The molecule has 0 bridgehead atoms. The Hall–Kier alpha value is -4.21. The SMILES string of the molecule is COc1ccc(-c2nc(Oc3cc(OC)c(OC)c(OC)c3)c3c(C)nc(C)n3n2)c(OC)c1. The van der Waals surface area contributed by atoms with Gasteiger partial charge in [0.05, 0.1) is 46.8 Å². The number of rotatable bonds is 8. The van der Waals surface area contributed by atoms with E-state index in [2.05, 4.69) is 4.98 Å². The molecule has 4 rings (SSSR count). The van der Waals surface area contributed by atoms with Gasteiger partial charge in [0.1, 0.15) is 23.1 Å². The molecule has 4 aromatic rings. The fourth-order valence-electron chi connectivity index (χ4n) is 3.69. The zero-order valence-electron chi connectivity index (χ0n) is 20.1. The molecule has 0 atom stereocenters. The maximum atomic E-state index is 6.26. The Bertz CT molecular complexity index is 1330. The molecule has 2 aromatic carbocycles. The van der Waals surface area contributed by atoms with Gasteiger partial charge in [-0.3, -0.25) is 0 Å². The first-order valence-corrected chi connectivity index (χ1v) is 10.4. The largest absolute Gasteiger partial charge is 0.497 e. The van der Waals surface area contributed by atoms with E-state index < -0.39 is 0 Å². The first-order chi connectivity index (χ1) is 16.4. The minimum atomic E-state index is 0.315. The molecule has 10 heteroatoms. The van der Waals surface area contributed by atoms with E-state index in [1.54, 1.807) is 58.3 Å². The summed E-state index contributed by atoms with van der Waals surface area (Å²) in [5, 5.41) is 4.70. The van der Waals surface area contributed by atoms with Crippen molar-refractivity contribution < 1.29 is 28.4 Å². The molecule has 2 aromatic heterocycles. The molecular formula is C24H26N4O6. The van der Waals surface area contributed by atoms with Gasteiger partial charge in [0.2, 0.25) is 11.6 Å². The summed E-state index contributed by atoms with van der Waals surface area (Å²) in [6, 6.07) is 8.82. The Labute approximate surface area is 197 Å². The lowest BCUT2D eigenvalue weighted by Gasteiger charge is -2.15. The Morgan fingerprint density at radius 3 is 1.94 bits per heavy atom. The first kappa shape index (κ1) is 23.0. The average molecular weight is 466 g/mol. The van der Waals surface area contributed by atoms with Crippen molar-refractivity contribution in [3.8, 4) is 51.8 Å². The van der Waals surface area contributed by atoms with Crippen molar-refractivity contribution in [2.45, 2.75) is 13.8 Å². The Kier molecular flexibility index (Phi) is 6.31. The van der Waals surface area contributed by atoms with Crippen LogP contribution in [0.3, 0.4) is 0 Å². The van der Waals surface area contributed by atoms with Gasteiger partial charge in [-0.25, -0.2) is 9.50 Å². The van der Waals surface area contributed by atoms with Crippen LogP contribution in [-0.4, -0.2) is 55.1 Å². The van der Waals surface area contributed by atoms with Crippen molar-refractivity contribution in [2.24, 2.45) is 0 Å². The number of imidazole rings is 1. The minimum absolute atomic E-state index is 0.315. The van der Waals surface area contributed by atoms with E-state index in [-0.39, 0.29) is 0 Å². The van der Waals surface area contributed by atoms with Gasteiger partial charge >= 0.3 is 0 Å². The highest BCUT2D eigenvalue weighted by Crippen LogP contribution is 2.42. The smallest absolute Gasteiger partial charge is 0.249 e. The van der Waals surface area contributed by atoms with Crippen molar-refractivity contribution >= 4 is 5.52 Å². The van der Waals surface area contributed by atoms with Crippen LogP contribution in [0.1, 0.15) is 11.5 Å². The minimum Gasteiger partial charge on any atom is -0.497 e. The summed E-state index contributed by atoms with van der Waals surface area (Å²) in [6.07, 6.45) is 0. The molecule has 0 radical (unpaired) electrons. The topological polar surface area (TPSA) is 98.5 Å². The van der Waals surface area contributed by atoms with Gasteiger partial charge < -0.3 is 28.4 Å². The lowest BCUT2D eigenvalue weighted by molar-refractivity contribution is 0.320. The molecule has 0 aliphatic heterocycles. The van der Waals surface area contributed by atoms with Gasteiger partial charge in [-0.05, 0) is 26.0 Å². The molecule has 2 heterocycles. The standard InChI is InChI=1S/C24H26N4O6/c1-13-21-24(34-16-11-19(31-5)22(33-7)20(12-16)32-6)26-23(27-28(21)14(2)25-13)17-9-8-15(29-3)10-18(17)30-4/h8-12H,1-7H3. The van der Waals surface area contributed by atoms with Crippen LogP contribution in [0.25, 0.3) is 16.9 Å². The summed E-state index contributed by atoms with van der Waals surface area (Å²) in [5.41, 5.74) is 2.04. The van der Waals surface area contributed by atoms with Crippen molar-refractivity contribution in [1.82, 2.24) is 19.6 Å². The third-order valence-electron chi connectivity index (χ3n) is 5.30. The summed E-state index contributed by atoms with van der Waals surface area (Å²) in [5.74, 6) is 4.45. The van der Waals surface area contributed by atoms with Crippen LogP contribution in [0.2, 0.25) is 0 Å². The molecule has 0 saturated heterocycles. The number of aromatic nitrogens is 4. The van der Waals surface area contributed by atoms with Crippen molar-refractivity contribution in [1.29, 1.82) is 0 Å². The molecule has 0 fully saturated rings. The number of benzene rings is 2. The number of methoxy groups -OCH3 is 5. The molecule has 0 saturated carbocycles. The van der Waals surface area contributed by atoms with Crippen LogP contribution in [-0.2, 0) is 0 Å². The molecule has 0 aliphatic rings. The van der Waals surface area contributed by atoms with E-state index in [1.807, 2.05) is 26.0 Å². The monoisotopic (exact) mass is 466 g/mol. The highest BCUT2D eigenvalue weighted by atomic mass is 16.5. The van der Waals surface area contributed by atoms with Gasteiger partial charge in [0.25, 0.3) is 0 Å². The maximum absolute atomic E-state index is 6.26. The van der Waals surface area contributed by atoms with E-state index in [9.17, 15) is 0 Å². The molecule has 10 nitrogen and oxygen atoms in total. The van der Waals surface area contributed by atoms with Crippen LogP contribution in [0, 0.1) is 13.8 Å². The predicted molar refractivity (Wildman–Crippen MR) is 125 cm³/mol. The zero-order chi connectivity index (χ0) is 24.4. The molecule has 0 N–H and O–H groups in total. The molecule has 0 spiro atoms. The number of hydrogen-bond acceptors (Lipinski definition) is 9. The van der Waals surface area contributed by atoms with Crippen LogP contribution in [0.15, 0.2) is 30.3 Å². The van der Waals surface area contributed by atoms with Crippen LogP contribution < -0.4 is 28.4 Å². The summed E-state index contributed by atoms with van der Waals surface area (Å²) < 4.78 is 35.1. The lowest BCUT2D eigenvalue weighted by atomic mass is 10.2. The van der Waals surface area contributed by atoms with Crippen LogP contribution in [0.5, 0.6) is 40.4 Å². The molecule has 178 valence electrons. The highest BCUT2D eigenvalue weighted by molar-refractivity contribution is 5.70. The second kappa shape index (κ2) is 9.34. The van der Waals surface area contributed by atoms with Gasteiger partial charge in [0.15, 0.2) is 22.8 Å². The van der Waals surface area contributed by atoms with E-state index in [0.717, 1.165) is 5.69 Å². The predicted octanol–water partition coefficient (Wildman–Crippen LogP) is 4.24. The number of aryl methyl sites for hydroxylation is 2. The van der Waals surface area contributed by atoms with Crippen molar-refractivity contribution in [3.05, 3.63) is 41.9 Å². The average Bonchev–Trinajstić information content (AvgIpc) is 3.15. The summed E-state index contributed by atoms with van der Waals surface area (Å²) in [7, 11) is 7.81. The summed E-state index contributed by atoms with van der Waals surface area (Å²) in [4.78, 5) is 9.28. The Morgan fingerprint density at radius 2 is 1.35 bits per heavy atom. The van der Waals surface area contributed by atoms with Crippen molar-refractivity contribution in [2.75, 3.05) is 35.5 Å².